The van der Waals surface area contributed by atoms with Gasteiger partial charge in [-0.1, -0.05) is 13.3 Å². The fraction of sp³-hybridized carbons (Fsp3) is 0.650. The molecule has 7 heteroatoms. The zero-order valence-corrected chi connectivity index (χ0v) is 16.6. The first kappa shape index (κ1) is 19.9. The molecule has 1 atom stereocenters. The Kier molecular flexibility index (Phi) is 6.52. The molecule has 3 rings (SSSR count). The van der Waals surface area contributed by atoms with Gasteiger partial charge in [-0.15, -0.1) is 11.3 Å². The summed E-state index contributed by atoms with van der Waals surface area (Å²) in [5.74, 6) is -1.39. The number of thiophene rings is 1. The van der Waals surface area contributed by atoms with Crippen molar-refractivity contribution in [3.8, 4) is 0 Å². The van der Waals surface area contributed by atoms with Gasteiger partial charge in [-0.2, -0.15) is 0 Å². The van der Waals surface area contributed by atoms with Crippen LogP contribution in [-0.4, -0.2) is 40.4 Å². The van der Waals surface area contributed by atoms with Gasteiger partial charge in [0.2, 0.25) is 11.8 Å². The molecule has 6 nitrogen and oxygen atoms in total. The zero-order valence-electron chi connectivity index (χ0n) is 15.8. The fourth-order valence-corrected chi connectivity index (χ4v) is 4.98. The Morgan fingerprint density at radius 3 is 2.63 bits per heavy atom. The van der Waals surface area contributed by atoms with Gasteiger partial charge in [-0.3, -0.25) is 14.4 Å². The van der Waals surface area contributed by atoms with Crippen LogP contribution < -0.4 is 5.32 Å². The molecule has 1 fully saturated rings. The third-order valence-corrected chi connectivity index (χ3v) is 6.78. The number of carbonyl (C=O) groups excluding carboxylic acids is 2. The summed E-state index contributed by atoms with van der Waals surface area (Å²) in [4.78, 5) is 40.0. The summed E-state index contributed by atoms with van der Waals surface area (Å²) in [6.07, 6.45) is 4.56. The summed E-state index contributed by atoms with van der Waals surface area (Å²) >= 11 is 1.74. The highest BCUT2D eigenvalue weighted by molar-refractivity contribution is 7.10. The van der Waals surface area contributed by atoms with Crippen molar-refractivity contribution in [1.82, 2.24) is 10.2 Å². The third kappa shape index (κ3) is 4.69. The van der Waals surface area contributed by atoms with Crippen LogP contribution in [0.1, 0.15) is 55.9 Å². The fourth-order valence-electron chi connectivity index (χ4n) is 4.10. The number of hydrogen-bond acceptors (Lipinski definition) is 4. The molecular formula is C20H28N2O4S. The molecule has 0 aromatic carbocycles. The van der Waals surface area contributed by atoms with Crippen LogP contribution in [0.15, 0.2) is 11.4 Å². The number of carboxylic acids is 1. The molecule has 0 saturated heterocycles. The van der Waals surface area contributed by atoms with E-state index in [9.17, 15) is 14.4 Å². The lowest BCUT2D eigenvalue weighted by Crippen LogP contribution is -2.51. The Labute approximate surface area is 163 Å². The lowest BCUT2D eigenvalue weighted by molar-refractivity contribution is -0.144. The van der Waals surface area contributed by atoms with E-state index in [2.05, 4.69) is 16.8 Å². The molecule has 27 heavy (non-hydrogen) atoms. The summed E-state index contributed by atoms with van der Waals surface area (Å²) in [5.41, 5.74) is 1.22. The van der Waals surface area contributed by atoms with E-state index in [0.29, 0.717) is 45.2 Å². The predicted molar refractivity (Wildman–Crippen MR) is 103 cm³/mol. The lowest BCUT2D eigenvalue weighted by Gasteiger charge is -2.32. The molecule has 1 aromatic rings. The number of nitrogens with zero attached hydrogens (tertiary/aromatic N) is 1. The van der Waals surface area contributed by atoms with Gasteiger partial charge in [-0.05, 0) is 55.5 Å². The van der Waals surface area contributed by atoms with Crippen LogP contribution in [0.4, 0.5) is 0 Å². The number of amides is 2. The first-order valence-electron chi connectivity index (χ1n) is 9.86. The van der Waals surface area contributed by atoms with Gasteiger partial charge in [-0.25, -0.2) is 0 Å². The topological polar surface area (TPSA) is 86.7 Å². The van der Waals surface area contributed by atoms with Crippen LogP contribution in [0.5, 0.6) is 0 Å². The van der Waals surface area contributed by atoms with Crippen molar-refractivity contribution in [2.24, 2.45) is 11.8 Å². The van der Waals surface area contributed by atoms with Crippen molar-refractivity contribution in [1.29, 1.82) is 0 Å². The van der Waals surface area contributed by atoms with Gasteiger partial charge in [0.05, 0.1) is 5.92 Å². The summed E-state index contributed by atoms with van der Waals surface area (Å²) in [5, 5.41) is 14.1. The maximum absolute atomic E-state index is 13.0. The van der Waals surface area contributed by atoms with Crippen LogP contribution >= 0.6 is 11.3 Å². The molecule has 1 aliphatic heterocycles. The van der Waals surface area contributed by atoms with Crippen molar-refractivity contribution in [2.45, 2.75) is 64.5 Å². The molecule has 1 saturated carbocycles. The quantitative estimate of drug-likeness (QED) is 0.779. The van der Waals surface area contributed by atoms with Crippen molar-refractivity contribution < 1.29 is 19.5 Å². The second-order valence-electron chi connectivity index (χ2n) is 7.62. The Morgan fingerprint density at radius 1 is 1.26 bits per heavy atom. The molecule has 1 aliphatic carbocycles. The molecular weight excluding hydrogens is 364 g/mol. The van der Waals surface area contributed by atoms with E-state index in [0.717, 1.165) is 12.8 Å². The molecule has 1 aromatic heterocycles. The van der Waals surface area contributed by atoms with Crippen LogP contribution in [0.2, 0.25) is 0 Å². The third-order valence-electron chi connectivity index (χ3n) is 5.76. The minimum absolute atomic E-state index is 0.00118. The van der Waals surface area contributed by atoms with Crippen LogP contribution in [0.25, 0.3) is 0 Å². The first-order chi connectivity index (χ1) is 13.0. The number of fused-ring (bicyclic) bond motifs is 1. The molecule has 148 valence electrons. The highest BCUT2D eigenvalue weighted by Gasteiger charge is 2.33. The number of nitrogens with one attached hydrogen (secondary N) is 1. The van der Waals surface area contributed by atoms with Gasteiger partial charge >= 0.3 is 5.97 Å². The van der Waals surface area contributed by atoms with E-state index in [-0.39, 0.29) is 23.7 Å². The average molecular weight is 393 g/mol. The number of rotatable bonds is 6. The maximum Gasteiger partial charge on any atom is 0.306 e. The number of aliphatic carboxylic acids is 1. The Hall–Kier alpha value is -1.89. The monoisotopic (exact) mass is 392 g/mol. The lowest BCUT2D eigenvalue weighted by atomic mass is 9.81. The van der Waals surface area contributed by atoms with E-state index in [1.165, 1.54) is 10.4 Å². The van der Waals surface area contributed by atoms with Crippen molar-refractivity contribution in [3.63, 3.8) is 0 Å². The second-order valence-corrected chi connectivity index (χ2v) is 8.62. The standard InChI is InChI=1S/C20H28N2O4S/c1-2-3-16(19(24)22-10-8-17-15(12-22)9-11-27-17)21-18(23)13-4-6-14(7-5-13)20(25)26/h9,11,13-14,16H,2-8,10,12H2,1H3,(H,21,23)(H,25,26). The number of hydrogen-bond donors (Lipinski definition) is 2. The summed E-state index contributed by atoms with van der Waals surface area (Å²) in [7, 11) is 0. The first-order valence-corrected chi connectivity index (χ1v) is 10.7. The molecule has 2 N–H and O–H groups in total. The molecule has 1 unspecified atom stereocenters. The Bertz CT molecular complexity index is 694. The van der Waals surface area contributed by atoms with E-state index in [1.807, 2.05) is 11.8 Å². The Morgan fingerprint density at radius 2 is 1.96 bits per heavy atom. The molecule has 2 aliphatic rings. The van der Waals surface area contributed by atoms with Crippen LogP contribution in [-0.2, 0) is 27.3 Å². The minimum atomic E-state index is -0.772. The van der Waals surface area contributed by atoms with Gasteiger partial charge < -0.3 is 15.3 Å². The largest absolute Gasteiger partial charge is 0.481 e. The Balaban J connectivity index is 1.58. The highest BCUT2D eigenvalue weighted by Crippen LogP contribution is 2.29. The molecule has 0 bridgehead atoms. The molecule has 2 amide bonds. The van der Waals surface area contributed by atoms with Crippen LogP contribution in [0.3, 0.4) is 0 Å². The summed E-state index contributed by atoms with van der Waals surface area (Å²) in [6.45, 7) is 3.33. The van der Waals surface area contributed by atoms with E-state index < -0.39 is 12.0 Å². The predicted octanol–water partition coefficient (Wildman–Crippen LogP) is 2.81. The molecule has 0 spiro atoms. The van der Waals surface area contributed by atoms with Crippen molar-refractivity contribution in [2.75, 3.05) is 6.54 Å². The van der Waals surface area contributed by atoms with E-state index in [4.69, 9.17) is 5.11 Å². The SMILES string of the molecule is CCCC(NC(=O)C1CCC(C(=O)O)CC1)C(=O)N1CCc2sccc2C1. The van der Waals surface area contributed by atoms with E-state index >= 15 is 0 Å². The number of carboxylic acid groups (broad SMARTS) is 1. The van der Waals surface area contributed by atoms with Crippen molar-refractivity contribution >= 4 is 29.1 Å². The average Bonchev–Trinajstić information content (AvgIpc) is 3.14. The second kappa shape index (κ2) is 8.87. The van der Waals surface area contributed by atoms with Gasteiger partial charge in [0.1, 0.15) is 6.04 Å². The van der Waals surface area contributed by atoms with Gasteiger partial charge in [0.25, 0.3) is 0 Å². The highest BCUT2D eigenvalue weighted by atomic mass is 32.1. The van der Waals surface area contributed by atoms with Crippen molar-refractivity contribution in [3.05, 3.63) is 21.9 Å². The smallest absolute Gasteiger partial charge is 0.306 e. The zero-order chi connectivity index (χ0) is 19.4. The normalized spacial score (nSPS) is 23.4. The van der Waals surface area contributed by atoms with Crippen LogP contribution in [0, 0.1) is 11.8 Å². The molecule has 0 radical (unpaired) electrons. The summed E-state index contributed by atoms with van der Waals surface area (Å²) in [6, 6.07) is 1.59. The number of carbonyl (C=O) groups is 3. The minimum Gasteiger partial charge on any atom is -0.481 e. The van der Waals surface area contributed by atoms with Gasteiger partial charge in [0.15, 0.2) is 0 Å². The van der Waals surface area contributed by atoms with Gasteiger partial charge in [0, 0.05) is 23.9 Å². The summed E-state index contributed by atoms with van der Waals surface area (Å²) < 4.78 is 0. The maximum atomic E-state index is 13.0. The van der Waals surface area contributed by atoms with E-state index in [1.54, 1.807) is 11.3 Å². The molecule has 2 heterocycles.